The first-order valence-electron chi connectivity index (χ1n) is 4.34. The molecule has 5 nitrogen and oxygen atoms in total. The molecule has 0 fully saturated rings. The summed E-state index contributed by atoms with van der Waals surface area (Å²) in [7, 11) is 0. The minimum atomic E-state index is -1.09. The molecule has 0 saturated carbocycles. The minimum Gasteiger partial charge on any atom is -0.448 e. The zero-order valence-electron chi connectivity index (χ0n) is 8.54. The van der Waals surface area contributed by atoms with E-state index in [1.165, 1.54) is 6.92 Å². The summed E-state index contributed by atoms with van der Waals surface area (Å²) >= 11 is 17.1. The van der Waals surface area contributed by atoms with E-state index in [-0.39, 0.29) is 20.8 Å². The van der Waals surface area contributed by atoms with E-state index in [0.717, 1.165) is 6.20 Å². The van der Waals surface area contributed by atoms with Gasteiger partial charge in [0.1, 0.15) is 0 Å². The van der Waals surface area contributed by atoms with Crippen LogP contribution in [0, 0.1) is 0 Å². The van der Waals surface area contributed by atoms with Crippen molar-refractivity contribution in [2.45, 2.75) is 13.0 Å². The van der Waals surface area contributed by atoms with E-state index >= 15 is 0 Å². The van der Waals surface area contributed by atoms with Gasteiger partial charge in [0, 0.05) is 6.20 Å². The van der Waals surface area contributed by atoms with Gasteiger partial charge in [0.25, 0.3) is 5.91 Å². The third-order valence-corrected chi connectivity index (χ3v) is 3.04. The van der Waals surface area contributed by atoms with Gasteiger partial charge in [0.05, 0.1) is 15.1 Å². The molecule has 1 rings (SSSR count). The van der Waals surface area contributed by atoms with Gasteiger partial charge < -0.3 is 10.5 Å². The first-order chi connectivity index (χ1) is 7.84. The normalized spacial score (nSPS) is 12.0. The number of pyridine rings is 1. The Kier molecular flexibility index (Phi) is 4.56. The number of halogens is 3. The van der Waals surface area contributed by atoms with E-state index in [1.54, 1.807) is 0 Å². The van der Waals surface area contributed by atoms with Crippen LogP contribution < -0.4 is 5.73 Å². The first kappa shape index (κ1) is 14.0. The van der Waals surface area contributed by atoms with Crippen molar-refractivity contribution in [3.05, 3.63) is 27.0 Å². The fourth-order valence-corrected chi connectivity index (χ4v) is 1.42. The molecule has 1 aromatic heterocycles. The summed E-state index contributed by atoms with van der Waals surface area (Å²) < 4.78 is 4.71. The maximum atomic E-state index is 11.6. The SMILES string of the molecule is C[C@H](OC(=O)c1ncc(Cl)c(Cl)c1Cl)C(N)=O. The summed E-state index contributed by atoms with van der Waals surface area (Å²) in [5.41, 5.74) is 4.71. The first-order valence-corrected chi connectivity index (χ1v) is 5.47. The average molecular weight is 298 g/mol. The molecule has 1 amide bonds. The van der Waals surface area contributed by atoms with E-state index < -0.39 is 18.0 Å². The van der Waals surface area contributed by atoms with Crippen molar-refractivity contribution in [2.75, 3.05) is 0 Å². The van der Waals surface area contributed by atoms with E-state index in [2.05, 4.69) is 4.98 Å². The van der Waals surface area contributed by atoms with Gasteiger partial charge in [-0.05, 0) is 6.92 Å². The number of carbonyl (C=O) groups is 2. The third-order valence-electron chi connectivity index (χ3n) is 1.80. The zero-order chi connectivity index (χ0) is 13.2. The van der Waals surface area contributed by atoms with Crippen LogP contribution in [-0.4, -0.2) is 23.0 Å². The van der Waals surface area contributed by atoms with Gasteiger partial charge in [0.2, 0.25) is 0 Å². The van der Waals surface area contributed by atoms with Gasteiger partial charge in [-0.1, -0.05) is 34.8 Å². The van der Waals surface area contributed by atoms with Crippen LogP contribution in [0.1, 0.15) is 17.4 Å². The summed E-state index contributed by atoms with van der Waals surface area (Å²) in [6.07, 6.45) is 0.0659. The van der Waals surface area contributed by atoms with Crippen molar-refractivity contribution in [3.63, 3.8) is 0 Å². The molecule has 0 bridgehead atoms. The predicted molar refractivity (Wildman–Crippen MR) is 63.3 cm³/mol. The molecule has 0 aliphatic carbocycles. The predicted octanol–water partition coefficient (Wildman–Crippen LogP) is 2.07. The van der Waals surface area contributed by atoms with Crippen molar-refractivity contribution in [3.8, 4) is 0 Å². The molecule has 0 spiro atoms. The van der Waals surface area contributed by atoms with Gasteiger partial charge in [-0.25, -0.2) is 9.78 Å². The molecule has 17 heavy (non-hydrogen) atoms. The summed E-state index contributed by atoms with van der Waals surface area (Å²) in [6.45, 7) is 1.33. The van der Waals surface area contributed by atoms with E-state index in [1.807, 2.05) is 0 Å². The quantitative estimate of drug-likeness (QED) is 0.866. The van der Waals surface area contributed by atoms with Crippen LogP contribution >= 0.6 is 34.8 Å². The molecule has 1 heterocycles. The average Bonchev–Trinajstić information content (AvgIpc) is 2.25. The number of nitrogens with two attached hydrogens (primary N) is 1. The Balaban J connectivity index is 2.98. The lowest BCUT2D eigenvalue weighted by atomic mass is 10.3. The van der Waals surface area contributed by atoms with Crippen LogP contribution in [0.4, 0.5) is 0 Å². The Morgan fingerprint density at radius 3 is 2.47 bits per heavy atom. The smallest absolute Gasteiger partial charge is 0.359 e. The highest BCUT2D eigenvalue weighted by atomic mass is 35.5. The van der Waals surface area contributed by atoms with Crippen LogP contribution in [-0.2, 0) is 9.53 Å². The highest BCUT2D eigenvalue weighted by Gasteiger charge is 2.22. The number of aromatic nitrogens is 1. The number of carbonyl (C=O) groups excluding carboxylic acids is 2. The standard InChI is InChI=1S/C9H7Cl3N2O3/c1-3(8(13)15)17-9(16)7-6(12)5(11)4(10)2-14-7/h2-3H,1H3,(H2,13,15)/t3-/m0/s1. The lowest BCUT2D eigenvalue weighted by Crippen LogP contribution is -2.30. The number of hydrogen-bond donors (Lipinski definition) is 1. The summed E-state index contributed by atoms with van der Waals surface area (Å²) in [6, 6.07) is 0. The maximum absolute atomic E-state index is 11.6. The van der Waals surface area contributed by atoms with E-state index in [0.29, 0.717) is 0 Å². The van der Waals surface area contributed by atoms with Crippen molar-refractivity contribution in [1.29, 1.82) is 0 Å². The Morgan fingerprint density at radius 2 is 1.94 bits per heavy atom. The highest BCUT2D eigenvalue weighted by molar-refractivity contribution is 6.48. The second-order valence-electron chi connectivity index (χ2n) is 3.03. The van der Waals surface area contributed by atoms with Crippen LogP contribution in [0.25, 0.3) is 0 Å². The fraction of sp³-hybridized carbons (Fsp3) is 0.222. The van der Waals surface area contributed by atoms with Gasteiger partial charge in [-0.2, -0.15) is 0 Å². The van der Waals surface area contributed by atoms with Crippen LogP contribution in [0.2, 0.25) is 15.1 Å². The number of nitrogens with zero attached hydrogens (tertiary/aromatic N) is 1. The molecule has 0 radical (unpaired) electrons. The van der Waals surface area contributed by atoms with Crippen LogP contribution in [0.15, 0.2) is 6.20 Å². The summed E-state index contributed by atoms with van der Waals surface area (Å²) in [5.74, 6) is -1.69. The number of esters is 1. The van der Waals surface area contributed by atoms with Crippen molar-refractivity contribution < 1.29 is 14.3 Å². The Hall–Kier alpha value is -1.04. The van der Waals surface area contributed by atoms with Crippen molar-refractivity contribution >= 4 is 46.7 Å². The topological polar surface area (TPSA) is 82.3 Å². The second kappa shape index (κ2) is 5.53. The second-order valence-corrected chi connectivity index (χ2v) is 4.20. The van der Waals surface area contributed by atoms with Crippen LogP contribution in [0.3, 0.4) is 0 Å². The summed E-state index contributed by atoms with van der Waals surface area (Å²) in [5, 5.41) is -0.0426. The minimum absolute atomic E-state index is 0.0120. The Bertz CT molecular complexity index is 479. The number of rotatable bonds is 3. The molecule has 2 N–H and O–H groups in total. The van der Waals surface area contributed by atoms with Crippen LogP contribution in [0.5, 0.6) is 0 Å². The molecular formula is C9H7Cl3N2O3. The molecule has 1 aromatic rings. The molecular weight excluding hydrogens is 290 g/mol. The van der Waals surface area contributed by atoms with E-state index in [4.69, 9.17) is 45.3 Å². The molecule has 0 aromatic carbocycles. The maximum Gasteiger partial charge on any atom is 0.359 e. The number of hydrogen-bond acceptors (Lipinski definition) is 4. The summed E-state index contributed by atoms with van der Waals surface area (Å²) in [4.78, 5) is 26.0. The largest absolute Gasteiger partial charge is 0.448 e. The molecule has 92 valence electrons. The van der Waals surface area contributed by atoms with E-state index in [9.17, 15) is 9.59 Å². The molecule has 0 aliphatic heterocycles. The molecule has 0 aliphatic rings. The van der Waals surface area contributed by atoms with Crippen molar-refractivity contribution in [2.24, 2.45) is 5.73 Å². The lowest BCUT2D eigenvalue weighted by molar-refractivity contribution is -0.125. The van der Waals surface area contributed by atoms with Gasteiger partial charge >= 0.3 is 5.97 Å². The Morgan fingerprint density at radius 1 is 1.35 bits per heavy atom. The number of amides is 1. The van der Waals surface area contributed by atoms with Gasteiger partial charge in [-0.3, -0.25) is 4.79 Å². The number of ether oxygens (including phenoxy) is 1. The van der Waals surface area contributed by atoms with Crippen molar-refractivity contribution in [1.82, 2.24) is 4.98 Å². The third kappa shape index (κ3) is 3.21. The fourth-order valence-electron chi connectivity index (χ4n) is 0.860. The molecule has 0 unspecified atom stereocenters. The highest BCUT2D eigenvalue weighted by Crippen LogP contribution is 2.31. The number of primary amides is 1. The molecule has 8 heteroatoms. The zero-order valence-corrected chi connectivity index (χ0v) is 10.8. The Labute approximate surface area is 112 Å². The molecule has 1 atom stereocenters. The van der Waals surface area contributed by atoms with Gasteiger partial charge in [-0.15, -0.1) is 0 Å². The van der Waals surface area contributed by atoms with Gasteiger partial charge in [0.15, 0.2) is 11.8 Å². The lowest BCUT2D eigenvalue weighted by Gasteiger charge is -2.10. The monoisotopic (exact) mass is 296 g/mol. The molecule has 0 saturated heterocycles.